The minimum atomic E-state index is -1.82. The van der Waals surface area contributed by atoms with Crippen molar-refractivity contribution in [2.24, 2.45) is 0 Å². The van der Waals surface area contributed by atoms with E-state index in [1.54, 1.807) is 0 Å². The molecule has 18 heavy (non-hydrogen) atoms. The van der Waals surface area contributed by atoms with Crippen LogP contribution in [0.1, 0.15) is 0 Å². The van der Waals surface area contributed by atoms with E-state index < -0.39 is 23.9 Å². The molecule has 0 radical (unpaired) electrons. The van der Waals surface area contributed by atoms with Crippen molar-refractivity contribution in [2.75, 3.05) is 26.2 Å². The summed E-state index contributed by atoms with van der Waals surface area (Å²) >= 11 is 0. The Labute approximate surface area is 101 Å². The second kappa shape index (κ2) is 9.99. The molecule has 0 rings (SSSR count). The number of carboxylic acid groups (broad SMARTS) is 4. The molecule has 0 aliphatic heterocycles. The van der Waals surface area contributed by atoms with E-state index >= 15 is 0 Å². The van der Waals surface area contributed by atoms with Crippen LogP contribution < -0.4 is 0 Å². The summed E-state index contributed by atoms with van der Waals surface area (Å²) in [5.41, 5.74) is 0. The van der Waals surface area contributed by atoms with Gasteiger partial charge in [-0.2, -0.15) is 0 Å². The van der Waals surface area contributed by atoms with Gasteiger partial charge in [0.15, 0.2) is 0 Å². The molecule has 0 amide bonds. The largest absolute Gasteiger partial charge is 0.480 e. The number of hydrogen-bond acceptors (Lipinski definition) is 6. The second-order valence-electron chi connectivity index (χ2n) is 2.83. The molecule has 104 valence electrons. The summed E-state index contributed by atoms with van der Waals surface area (Å²) < 4.78 is 0. The lowest BCUT2D eigenvalue weighted by Gasteiger charge is -2.15. The van der Waals surface area contributed by atoms with E-state index in [0.29, 0.717) is 0 Å². The van der Waals surface area contributed by atoms with Crippen LogP contribution in [0.15, 0.2) is 0 Å². The van der Waals surface area contributed by atoms with Gasteiger partial charge in [-0.3, -0.25) is 14.5 Å². The maximum absolute atomic E-state index is 10.1. The molecular weight excluding hydrogens is 254 g/mol. The minimum Gasteiger partial charge on any atom is -0.480 e. The van der Waals surface area contributed by atoms with Gasteiger partial charge in [-0.15, -0.1) is 0 Å². The van der Waals surface area contributed by atoms with Crippen LogP contribution in [-0.4, -0.2) is 80.6 Å². The molecule has 10 nitrogen and oxygen atoms in total. The SMILES string of the molecule is O=C(O)C(=O)O.O=C(O)CN(CCO)CC(=O)O. The summed E-state index contributed by atoms with van der Waals surface area (Å²) in [6, 6.07) is 0. The fourth-order valence-corrected chi connectivity index (χ4v) is 0.738. The van der Waals surface area contributed by atoms with Gasteiger partial charge in [0.05, 0.1) is 19.7 Å². The number of aliphatic hydroxyl groups is 1. The van der Waals surface area contributed by atoms with Crippen LogP contribution in [0.5, 0.6) is 0 Å². The third-order valence-electron chi connectivity index (χ3n) is 1.32. The Morgan fingerprint density at radius 3 is 1.28 bits per heavy atom. The smallest absolute Gasteiger partial charge is 0.414 e. The Kier molecular flexibility index (Phi) is 10.1. The fourth-order valence-electron chi connectivity index (χ4n) is 0.738. The molecule has 0 aliphatic carbocycles. The Balaban J connectivity index is 0. The van der Waals surface area contributed by atoms with Crippen molar-refractivity contribution in [2.45, 2.75) is 0 Å². The van der Waals surface area contributed by atoms with E-state index in [1.165, 1.54) is 0 Å². The zero-order valence-corrected chi connectivity index (χ0v) is 9.14. The standard InChI is InChI=1S/C6H11NO5.C2H2O4/c8-2-1-7(3-5(9)10)4-6(11)12;3-1(4)2(5)6/h8H,1-4H2,(H,9,10)(H,11,12);(H,3,4)(H,5,6). The number of nitrogens with zero attached hydrogens (tertiary/aromatic N) is 1. The quantitative estimate of drug-likeness (QED) is 0.326. The molecule has 0 spiro atoms. The van der Waals surface area contributed by atoms with Gasteiger partial charge in [0, 0.05) is 6.54 Å². The van der Waals surface area contributed by atoms with E-state index in [1.807, 2.05) is 0 Å². The van der Waals surface area contributed by atoms with Crippen LogP contribution in [0, 0.1) is 0 Å². The molecule has 0 aliphatic rings. The number of carbonyl (C=O) groups is 4. The number of aliphatic carboxylic acids is 4. The molecule has 0 saturated heterocycles. The van der Waals surface area contributed by atoms with Crippen LogP contribution in [-0.2, 0) is 19.2 Å². The molecule has 0 fully saturated rings. The molecule has 0 saturated carbocycles. The third kappa shape index (κ3) is 13.8. The molecule has 0 unspecified atom stereocenters. The average molecular weight is 267 g/mol. The van der Waals surface area contributed by atoms with Crippen LogP contribution in [0.25, 0.3) is 0 Å². The van der Waals surface area contributed by atoms with E-state index in [-0.39, 0.29) is 26.2 Å². The summed E-state index contributed by atoms with van der Waals surface area (Å²) in [5.74, 6) is -5.86. The molecule has 0 aromatic heterocycles. The van der Waals surface area contributed by atoms with Crippen molar-refractivity contribution < 1.29 is 44.7 Å². The van der Waals surface area contributed by atoms with Crippen molar-refractivity contribution in [3.63, 3.8) is 0 Å². The molecule has 0 aromatic rings. The first-order valence-corrected chi connectivity index (χ1v) is 4.43. The third-order valence-corrected chi connectivity index (χ3v) is 1.32. The van der Waals surface area contributed by atoms with Crippen LogP contribution in [0.4, 0.5) is 0 Å². The van der Waals surface area contributed by atoms with Gasteiger partial charge in [-0.25, -0.2) is 9.59 Å². The maximum Gasteiger partial charge on any atom is 0.414 e. The lowest BCUT2D eigenvalue weighted by molar-refractivity contribution is -0.159. The van der Waals surface area contributed by atoms with Gasteiger partial charge in [0.1, 0.15) is 0 Å². The monoisotopic (exact) mass is 267 g/mol. The predicted octanol–water partition coefficient (Wildman–Crippen LogP) is -2.39. The summed E-state index contributed by atoms with van der Waals surface area (Å²) in [4.78, 5) is 39.6. The van der Waals surface area contributed by atoms with Crippen LogP contribution >= 0.6 is 0 Å². The molecule has 0 bridgehead atoms. The van der Waals surface area contributed by atoms with Crippen molar-refractivity contribution in [3.05, 3.63) is 0 Å². The first-order chi connectivity index (χ1) is 8.20. The fraction of sp³-hybridized carbons (Fsp3) is 0.500. The minimum absolute atomic E-state index is 0.0542. The summed E-state index contributed by atoms with van der Waals surface area (Å²) in [6.45, 7) is -0.932. The van der Waals surface area contributed by atoms with E-state index in [2.05, 4.69) is 0 Å². The topological polar surface area (TPSA) is 173 Å². The molecular formula is C8H13NO9. The number of hydrogen-bond donors (Lipinski definition) is 5. The molecule has 0 aromatic carbocycles. The van der Waals surface area contributed by atoms with Gasteiger partial charge in [-0.05, 0) is 0 Å². The van der Waals surface area contributed by atoms with Gasteiger partial charge >= 0.3 is 23.9 Å². The summed E-state index contributed by atoms with van der Waals surface area (Å²) in [7, 11) is 0. The highest BCUT2D eigenvalue weighted by molar-refractivity contribution is 6.27. The molecule has 0 heterocycles. The zero-order chi connectivity index (χ0) is 14.7. The van der Waals surface area contributed by atoms with Gasteiger partial charge in [-0.1, -0.05) is 0 Å². The number of aliphatic hydroxyl groups excluding tert-OH is 1. The van der Waals surface area contributed by atoms with Crippen molar-refractivity contribution in [3.8, 4) is 0 Å². The first kappa shape index (κ1) is 18.2. The van der Waals surface area contributed by atoms with E-state index in [0.717, 1.165) is 4.90 Å². The Hall–Kier alpha value is -2.20. The Morgan fingerprint density at radius 2 is 1.11 bits per heavy atom. The van der Waals surface area contributed by atoms with E-state index in [4.69, 9.17) is 35.1 Å². The van der Waals surface area contributed by atoms with E-state index in [9.17, 15) is 9.59 Å². The van der Waals surface area contributed by atoms with Crippen molar-refractivity contribution >= 4 is 23.9 Å². The second-order valence-corrected chi connectivity index (χ2v) is 2.83. The van der Waals surface area contributed by atoms with Gasteiger partial charge in [0.2, 0.25) is 0 Å². The van der Waals surface area contributed by atoms with Crippen LogP contribution in [0.2, 0.25) is 0 Å². The summed E-state index contributed by atoms with van der Waals surface area (Å²) in [5, 5.41) is 39.8. The zero-order valence-electron chi connectivity index (χ0n) is 9.14. The van der Waals surface area contributed by atoms with Gasteiger partial charge in [0.25, 0.3) is 0 Å². The lowest BCUT2D eigenvalue weighted by Crippen LogP contribution is -2.36. The first-order valence-electron chi connectivity index (χ1n) is 4.43. The van der Waals surface area contributed by atoms with Crippen molar-refractivity contribution in [1.82, 2.24) is 4.90 Å². The Morgan fingerprint density at radius 1 is 0.778 bits per heavy atom. The predicted molar refractivity (Wildman–Crippen MR) is 54.1 cm³/mol. The number of carboxylic acids is 4. The normalized spacial score (nSPS) is 9.22. The highest BCUT2D eigenvalue weighted by atomic mass is 16.4. The Bertz CT molecular complexity index is 286. The highest BCUT2D eigenvalue weighted by Gasteiger charge is 2.11. The summed E-state index contributed by atoms with van der Waals surface area (Å²) in [6.07, 6.45) is 0. The van der Waals surface area contributed by atoms with Crippen LogP contribution in [0.3, 0.4) is 0 Å². The average Bonchev–Trinajstić information content (AvgIpc) is 2.16. The van der Waals surface area contributed by atoms with Gasteiger partial charge < -0.3 is 25.5 Å². The molecule has 10 heteroatoms. The highest BCUT2D eigenvalue weighted by Crippen LogP contribution is 1.86. The lowest BCUT2D eigenvalue weighted by atomic mass is 10.4. The number of rotatable bonds is 6. The molecule has 5 N–H and O–H groups in total. The molecule has 0 atom stereocenters. The van der Waals surface area contributed by atoms with Crippen molar-refractivity contribution in [1.29, 1.82) is 0 Å². The maximum atomic E-state index is 10.1.